The van der Waals surface area contributed by atoms with E-state index in [4.69, 9.17) is 4.74 Å². The predicted octanol–water partition coefficient (Wildman–Crippen LogP) is 4.86. The Kier molecular flexibility index (Phi) is 5.19. The maximum atomic E-state index is 13.2. The van der Waals surface area contributed by atoms with Crippen molar-refractivity contribution in [3.05, 3.63) is 35.6 Å². The molecular weight excluding hydrogens is 295 g/mol. The van der Waals surface area contributed by atoms with Crippen molar-refractivity contribution in [1.29, 1.82) is 0 Å². The molecular formula is C15H20BrFO. The Morgan fingerprint density at radius 3 is 2.67 bits per heavy atom. The van der Waals surface area contributed by atoms with Crippen molar-refractivity contribution in [2.24, 2.45) is 5.92 Å². The highest BCUT2D eigenvalue weighted by atomic mass is 79.9. The molecule has 1 aliphatic rings. The van der Waals surface area contributed by atoms with Gasteiger partial charge in [0.05, 0.1) is 12.2 Å². The molecule has 1 fully saturated rings. The SMILES string of the molecule is CC1CCC(OC(CBr)c2cccc(F)c2)CC1. The summed E-state index contributed by atoms with van der Waals surface area (Å²) in [6.07, 6.45) is 5.01. The molecule has 1 aromatic rings. The van der Waals surface area contributed by atoms with Crippen LogP contribution in [0.1, 0.15) is 44.3 Å². The van der Waals surface area contributed by atoms with Crippen LogP contribution in [-0.4, -0.2) is 11.4 Å². The van der Waals surface area contributed by atoms with Crippen molar-refractivity contribution in [2.75, 3.05) is 5.33 Å². The van der Waals surface area contributed by atoms with Crippen LogP contribution in [0.2, 0.25) is 0 Å². The first-order chi connectivity index (χ1) is 8.69. The molecule has 2 rings (SSSR count). The number of hydrogen-bond acceptors (Lipinski definition) is 1. The Morgan fingerprint density at radius 1 is 1.33 bits per heavy atom. The van der Waals surface area contributed by atoms with Crippen molar-refractivity contribution in [3.8, 4) is 0 Å². The molecule has 0 heterocycles. The van der Waals surface area contributed by atoms with Gasteiger partial charge in [-0.1, -0.05) is 35.0 Å². The summed E-state index contributed by atoms with van der Waals surface area (Å²) < 4.78 is 19.3. The van der Waals surface area contributed by atoms with E-state index in [0.717, 1.165) is 24.3 Å². The van der Waals surface area contributed by atoms with E-state index in [-0.39, 0.29) is 11.9 Å². The molecule has 0 aliphatic heterocycles. The summed E-state index contributed by atoms with van der Waals surface area (Å²) in [6, 6.07) is 6.71. The van der Waals surface area contributed by atoms with Gasteiger partial charge in [0, 0.05) is 5.33 Å². The molecule has 1 saturated carbocycles. The second-order valence-corrected chi connectivity index (χ2v) is 5.86. The maximum Gasteiger partial charge on any atom is 0.123 e. The normalized spacial score (nSPS) is 25.9. The zero-order valence-electron chi connectivity index (χ0n) is 10.7. The molecule has 3 heteroatoms. The first-order valence-corrected chi connectivity index (χ1v) is 7.78. The fraction of sp³-hybridized carbons (Fsp3) is 0.600. The average molecular weight is 315 g/mol. The van der Waals surface area contributed by atoms with Gasteiger partial charge < -0.3 is 4.74 Å². The van der Waals surface area contributed by atoms with E-state index in [1.807, 2.05) is 6.07 Å². The highest BCUT2D eigenvalue weighted by Gasteiger charge is 2.22. The minimum Gasteiger partial charge on any atom is -0.369 e. The fourth-order valence-electron chi connectivity index (χ4n) is 2.51. The lowest BCUT2D eigenvalue weighted by Crippen LogP contribution is -2.23. The predicted molar refractivity (Wildman–Crippen MR) is 75.4 cm³/mol. The molecule has 100 valence electrons. The number of alkyl halides is 1. The van der Waals surface area contributed by atoms with Gasteiger partial charge in [0.15, 0.2) is 0 Å². The van der Waals surface area contributed by atoms with Gasteiger partial charge in [0.2, 0.25) is 0 Å². The topological polar surface area (TPSA) is 9.23 Å². The third kappa shape index (κ3) is 3.79. The van der Waals surface area contributed by atoms with E-state index in [9.17, 15) is 4.39 Å². The maximum absolute atomic E-state index is 13.2. The van der Waals surface area contributed by atoms with Gasteiger partial charge in [0.1, 0.15) is 5.82 Å². The summed E-state index contributed by atoms with van der Waals surface area (Å²) in [5, 5.41) is 0.711. The highest BCUT2D eigenvalue weighted by Crippen LogP contribution is 2.30. The minimum absolute atomic E-state index is 0.0425. The molecule has 0 radical (unpaired) electrons. The number of ether oxygens (including phenoxy) is 1. The lowest BCUT2D eigenvalue weighted by molar-refractivity contribution is -0.0257. The summed E-state index contributed by atoms with van der Waals surface area (Å²) in [6.45, 7) is 2.30. The van der Waals surface area contributed by atoms with Crippen molar-refractivity contribution >= 4 is 15.9 Å². The van der Waals surface area contributed by atoms with Crippen LogP contribution in [0, 0.1) is 11.7 Å². The third-order valence-corrected chi connectivity index (χ3v) is 4.27. The van der Waals surface area contributed by atoms with Gasteiger partial charge in [0.25, 0.3) is 0 Å². The van der Waals surface area contributed by atoms with E-state index in [2.05, 4.69) is 22.9 Å². The van der Waals surface area contributed by atoms with Crippen LogP contribution in [0.4, 0.5) is 4.39 Å². The monoisotopic (exact) mass is 314 g/mol. The molecule has 1 unspecified atom stereocenters. The van der Waals surface area contributed by atoms with E-state index in [1.165, 1.54) is 18.9 Å². The van der Waals surface area contributed by atoms with Gasteiger partial charge in [-0.15, -0.1) is 0 Å². The van der Waals surface area contributed by atoms with Crippen molar-refractivity contribution in [1.82, 2.24) is 0 Å². The summed E-state index contributed by atoms with van der Waals surface area (Å²) in [7, 11) is 0. The van der Waals surface area contributed by atoms with Crippen LogP contribution in [0.5, 0.6) is 0 Å². The van der Waals surface area contributed by atoms with Crippen LogP contribution in [-0.2, 0) is 4.74 Å². The average Bonchev–Trinajstić information content (AvgIpc) is 2.38. The van der Waals surface area contributed by atoms with Gasteiger partial charge in [-0.25, -0.2) is 4.39 Å². The molecule has 0 spiro atoms. The molecule has 0 saturated heterocycles. The Morgan fingerprint density at radius 2 is 2.06 bits per heavy atom. The second-order valence-electron chi connectivity index (χ2n) is 5.22. The third-order valence-electron chi connectivity index (χ3n) is 3.68. The first-order valence-electron chi connectivity index (χ1n) is 6.66. The van der Waals surface area contributed by atoms with Crippen LogP contribution < -0.4 is 0 Å². The van der Waals surface area contributed by atoms with Gasteiger partial charge >= 0.3 is 0 Å². The molecule has 1 aromatic carbocycles. The van der Waals surface area contributed by atoms with Gasteiger partial charge in [-0.3, -0.25) is 0 Å². The lowest BCUT2D eigenvalue weighted by atomic mass is 9.89. The van der Waals surface area contributed by atoms with Crippen molar-refractivity contribution < 1.29 is 9.13 Å². The molecule has 18 heavy (non-hydrogen) atoms. The first kappa shape index (κ1) is 14.0. The number of benzene rings is 1. The number of halogens is 2. The van der Waals surface area contributed by atoms with Crippen LogP contribution in [0.15, 0.2) is 24.3 Å². The molecule has 1 nitrogen and oxygen atoms in total. The van der Waals surface area contributed by atoms with Crippen LogP contribution in [0.25, 0.3) is 0 Å². The zero-order chi connectivity index (χ0) is 13.0. The Balaban J connectivity index is 1.97. The molecule has 0 bridgehead atoms. The van der Waals surface area contributed by atoms with Crippen molar-refractivity contribution in [3.63, 3.8) is 0 Å². The molecule has 0 N–H and O–H groups in total. The molecule has 0 amide bonds. The minimum atomic E-state index is -0.195. The summed E-state index contributed by atoms with van der Waals surface area (Å²) in [5.41, 5.74) is 0.922. The van der Waals surface area contributed by atoms with E-state index < -0.39 is 0 Å². The standard InChI is InChI=1S/C15H20BrFO/c1-11-5-7-14(8-6-11)18-15(10-16)12-3-2-4-13(17)9-12/h2-4,9,11,14-15H,5-8,10H2,1H3. The fourth-order valence-corrected chi connectivity index (χ4v) is 3.04. The molecule has 1 atom stereocenters. The van der Waals surface area contributed by atoms with Crippen LogP contribution in [0.3, 0.4) is 0 Å². The number of rotatable bonds is 4. The van der Waals surface area contributed by atoms with E-state index >= 15 is 0 Å². The summed E-state index contributed by atoms with van der Waals surface area (Å²) in [5.74, 6) is 0.626. The zero-order valence-corrected chi connectivity index (χ0v) is 12.3. The summed E-state index contributed by atoms with van der Waals surface area (Å²) in [4.78, 5) is 0. The molecule has 1 aliphatic carbocycles. The Labute approximate surface area is 117 Å². The summed E-state index contributed by atoms with van der Waals surface area (Å²) >= 11 is 3.47. The Bertz CT molecular complexity index is 375. The molecule has 0 aromatic heterocycles. The number of hydrogen-bond donors (Lipinski definition) is 0. The van der Waals surface area contributed by atoms with Crippen LogP contribution >= 0.6 is 15.9 Å². The van der Waals surface area contributed by atoms with Gasteiger partial charge in [-0.2, -0.15) is 0 Å². The van der Waals surface area contributed by atoms with E-state index in [0.29, 0.717) is 11.4 Å². The second kappa shape index (κ2) is 6.67. The van der Waals surface area contributed by atoms with E-state index in [1.54, 1.807) is 12.1 Å². The Hall–Kier alpha value is -0.410. The quantitative estimate of drug-likeness (QED) is 0.721. The lowest BCUT2D eigenvalue weighted by Gasteiger charge is -2.29. The smallest absolute Gasteiger partial charge is 0.123 e. The van der Waals surface area contributed by atoms with Crippen molar-refractivity contribution in [2.45, 2.75) is 44.8 Å². The largest absolute Gasteiger partial charge is 0.369 e. The van der Waals surface area contributed by atoms with Gasteiger partial charge in [-0.05, 0) is 49.3 Å². The highest BCUT2D eigenvalue weighted by molar-refractivity contribution is 9.09.